The number of aryl methyl sites for hydroxylation is 1. The van der Waals surface area contributed by atoms with Crippen LogP contribution in [0, 0.1) is 0 Å². The number of para-hydroxylation sites is 2. The van der Waals surface area contributed by atoms with Crippen molar-refractivity contribution in [2.45, 2.75) is 52.4 Å². The lowest BCUT2D eigenvalue weighted by Crippen LogP contribution is -2.59. The van der Waals surface area contributed by atoms with E-state index in [-0.39, 0.29) is 12.1 Å². The zero-order valence-corrected chi connectivity index (χ0v) is 38.1. The minimum absolute atomic E-state index is 0.0738. The molecule has 0 N–H and O–H groups in total. The van der Waals surface area contributed by atoms with E-state index in [1.54, 1.807) is 0 Å². The number of hydrogen-bond donors (Lipinski definition) is 0. The highest BCUT2D eigenvalue weighted by atomic mass is 16.5. The first-order valence-electron chi connectivity index (χ1n) is 23.6. The van der Waals surface area contributed by atoms with Crippen molar-refractivity contribution in [3.63, 3.8) is 0 Å². The highest BCUT2D eigenvalue weighted by Gasteiger charge is 2.43. The van der Waals surface area contributed by atoms with Crippen LogP contribution in [0.2, 0.25) is 0 Å². The Morgan fingerprint density at radius 1 is 0.500 bits per heavy atom. The zero-order valence-electron chi connectivity index (χ0n) is 38.1. The molecule has 2 aliphatic rings. The van der Waals surface area contributed by atoms with Crippen LogP contribution in [0.5, 0.6) is 11.5 Å². The van der Waals surface area contributed by atoms with Crippen LogP contribution in [0.25, 0.3) is 60.9 Å². The largest absolute Gasteiger partial charge is 0.458 e. The molecular formula is C62H51BN2O. The summed E-state index contributed by atoms with van der Waals surface area (Å²) in [6, 6.07) is 74.3. The molecule has 1 aromatic heterocycles. The van der Waals surface area contributed by atoms with E-state index >= 15 is 0 Å². The molecular weight excluding hydrogens is 800 g/mol. The molecule has 10 aromatic rings. The van der Waals surface area contributed by atoms with Gasteiger partial charge >= 0.3 is 0 Å². The number of rotatable bonds is 8. The molecule has 3 nitrogen and oxygen atoms in total. The van der Waals surface area contributed by atoms with Crippen molar-refractivity contribution in [1.29, 1.82) is 0 Å². The molecule has 66 heavy (non-hydrogen) atoms. The Hall–Kier alpha value is -7.56. The highest BCUT2D eigenvalue weighted by Crippen LogP contribution is 2.51. The van der Waals surface area contributed by atoms with Gasteiger partial charge in [-0.25, -0.2) is 0 Å². The predicted molar refractivity (Wildman–Crippen MR) is 280 cm³/mol. The van der Waals surface area contributed by atoms with Gasteiger partial charge in [0.2, 0.25) is 0 Å². The Bertz CT molecular complexity index is 3360. The van der Waals surface area contributed by atoms with Gasteiger partial charge in [0.15, 0.2) is 0 Å². The first-order chi connectivity index (χ1) is 32.3. The summed E-state index contributed by atoms with van der Waals surface area (Å²) in [4.78, 5) is 2.63. The Kier molecular flexibility index (Phi) is 9.61. The number of ether oxygens (including phenoxy) is 1. The molecule has 0 bridgehead atoms. The van der Waals surface area contributed by atoms with E-state index in [0.717, 1.165) is 42.1 Å². The van der Waals surface area contributed by atoms with Crippen LogP contribution in [-0.2, 0) is 11.8 Å². The van der Waals surface area contributed by atoms with Gasteiger partial charge in [-0.05, 0) is 123 Å². The maximum Gasteiger partial charge on any atom is 0.256 e. The van der Waals surface area contributed by atoms with Crippen LogP contribution in [-0.4, -0.2) is 11.3 Å². The Balaban J connectivity index is 1.23. The van der Waals surface area contributed by atoms with Crippen molar-refractivity contribution < 1.29 is 4.74 Å². The van der Waals surface area contributed by atoms with Gasteiger partial charge in [-0.2, -0.15) is 0 Å². The summed E-state index contributed by atoms with van der Waals surface area (Å²) in [5.74, 6) is 1.86. The summed E-state index contributed by atoms with van der Waals surface area (Å²) in [6.07, 6.45) is 3.17. The first-order valence-corrected chi connectivity index (χ1v) is 23.6. The summed E-state index contributed by atoms with van der Waals surface area (Å²) in [5, 5.41) is 2.50. The van der Waals surface area contributed by atoms with E-state index in [1.165, 1.54) is 94.1 Å². The summed E-state index contributed by atoms with van der Waals surface area (Å²) < 4.78 is 9.64. The summed E-state index contributed by atoms with van der Waals surface area (Å²) in [6.45, 7) is 9.20. The molecule has 0 spiro atoms. The molecule has 0 unspecified atom stereocenters. The second-order valence-electron chi connectivity index (χ2n) is 19.1. The molecule has 0 fully saturated rings. The van der Waals surface area contributed by atoms with E-state index in [0.29, 0.717) is 0 Å². The Morgan fingerprint density at radius 2 is 1.09 bits per heavy atom. The molecule has 0 saturated carbocycles. The lowest BCUT2D eigenvalue weighted by molar-refractivity contribution is 0.486. The van der Waals surface area contributed by atoms with Gasteiger partial charge in [-0.3, -0.25) is 0 Å². The standard InChI is InChI=1S/C62H51BN2O/c1-5-6-20-41-35-57-60-59(36-41)66-58-34-31-45(42-21-10-7-11-22-42)37-53(58)63(60)52-33-32-47(64-54-29-18-16-27-48(54)49-28-17-19-30-55(49)64)40-56(52)65(57)61-50(43-23-12-8-13-24-43)38-46(62(2,3)4)39-51(61)44-25-14-9-15-26-44/h7-19,21-40H,5-6,20H2,1-4H3. The third kappa shape index (κ3) is 6.58. The van der Waals surface area contributed by atoms with Crippen LogP contribution in [0.15, 0.2) is 200 Å². The van der Waals surface area contributed by atoms with Crippen LogP contribution in [0.4, 0.5) is 17.1 Å². The molecule has 0 aliphatic carbocycles. The number of unbranched alkanes of at least 4 members (excludes halogenated alkanes) is 1. The van der Waals surface area contributed by atoms with Crippen LogP contribution in [0.1, 0.15) is 51.7 Å². The second kappa shape index (κ2) is 15.9. The fourth-order valence-corrected chi connectivity index (χ4v) is 10.7. The number of hydrogen-bond acceptors (Lipinski definition) is 2. The number of fused-ring (bicyclic) bond motifs is 7. The highest BCUT2D eigenvalue weighted by molar-refractivity contribution is 6.99. The molecule has 0 atom stereocenters. The van der Waals surface area contributed by atoms with E-state index < -0.39 is 0 Å². The second-order valence-corrected chi connectivity index (χ2v) is 19.1. The maximum atomic E-state index is 7.18. The van der Waals surface area contributed by atoms with E-state index in [4.69, 9.17) is 4.74 Å². The first kappa shape index (κ1) is 40.0. The fraction of sp³-hybridized carbons (Fsp3) is 0.129. The number of nitrogens with zero attached hydrogens (tertiary/aromatic N) is 2. The number of anilines is 3. The average Bonchev–Trinajstić information content (AvgIpc) is 3.70. The van der Waals surface area contributed by atoms with Crippen LogP contribution < -0.4 is 26.0 Å². The van der Waals surface area contributed by atoms with Crippen LogP contribution >= 0.6 is 0 Å². The van der Waals surface area contributed by atoms with Gasteiger partial charge < -0.3 is 14.2 Å². The topological polar surface area (TPSA) is 17.4 Å². The lowest BCUT2D eigenvalue weighted by atomic mass is 9.34. The van der Waals surface area contributed by atoms with Crippen molar-refractivity contribution in [2.75, 3.05) is 4.90 Å². The molecule has 0 amide bonds. The van der Waals surface area contributed by atoms with Crippen molar-refractivity contribution in [3.05, 3.63) is 211 Å². The zero-order chi connectivity index (χ0) is 44.5. The minimum Gasteiger partial charge on any atom is -0.458 e. The molecule has 12 rings (SSSR count). The fourth-order valence-electron chi connectivity index (χ4n) is 10.7. The molecule has 3 heterocycles. The van der Waals surface area contributed by atoms with Gasteiger partial charge in [0.25, 0.3) is 6.71 Å². The van der Waals surface area contributed by atoms with Gasteiger partial charge in [0, 0.05) is 39.0 Å². The maximum absolute atomic E-state index is 7.18. The van der Waals surface area contributed by atoms with E-state index in [2.05, 4.69) is 237 Å². The normalized spacial score (nSPS) is 12.8. The molecule has 4 heteroatoms. The molecule has 2 aliphatic heterocycles. The third-order valence-corrected chi connectivity index (χ3v) is 13.9. The molecule has 0 saturated heterocycles. The monoisotopic (exact) mass is 850 g/mol. The van der Waals surface area contributed by atoms with Gasteiger partial charge in [0.05, 0.1) is 16.7 Å². The summed E-state index contributed by atoms with van der Waals surface area (Å²) >= 11 is 0. The van der Waals surface area contributed by atoms with Crippen LogP contribution in [0.3, 0.4) is 0 Å². The smallest absolute Gasteiger partial charge is 0.256 e. The third-order valence-electron chi connectivity index (χ3n) is 13.9. The number of benzene rings is 9. The van der Waals surface area contributed by atoms with Crippen molar-refractivity contribution >= 4 is 62.0 Å². The Labute approximate surface area is 388 Å². The summed E-state index contributed by atoms with van der Waals surface area (Å²) in [7, 11) is 0. The molecule has 0 radical (unpaired) electrons. The van der Waals surface area contributed by atoms with Gasteiger partial charge in [0.1, 0.15) is 11.5 Å². The average molecular weight is 851 g/mol. The van der Waals surface area contributed by atoms with Crippen molar-refractivity contribution in [3.8, 4) is 50.6 Å². The van der Waals surface area contributed by atoms with E-state index in [1.807, 2.05) is 0 Å². The van der Waals surface area contributed by atoms with E-state index in [9.17, 15) is 0 Å². The minimum atomic E-state index is -0.104. The molecule has 9 aromatic carbocycles. The summed E-state index contributed by atoms with van der Waals surface area (Å²) in [5.41, 5.74) is 20.3. The van der Waals surface area contributed by atoms with Crippen molar-refractivity contribution in [1.82, 2.24) is 4.57 Å². The lowest BCUT2D eigenvalue weighted by Gasteiger charge is -2.42. The molecule has 318 valence electrons. The van der Waals surface area contributed by atoms with Gasteiger partial charge in [-0.15, -0.1) is 0 Å². The van der Waals surface area contributed by atoms with Crippen molar-refractivity contribution in [2.24, 2.45) is 0 Å². The number of aromatic nitrogens is 1. The van der Waals surface area contributed by atoms with Gasteiger partial charge in [-0.1, -0.05) is 180 Å². The quantitative estimate of drug-likeness (QED) is 0.142. The SMILES string of the molecule is CCCCc1cc2c3c(c1)N(c1c(-c4ccccc4)cc(C(C)(C)C)cc1-c1ccccc1)c1cc(-n4c5ccccc5c5ccccc54)ccc1B3c1cc(-c3ccccc3)ccc1O2. The predicted octanol–water partition coefficient (Wildman–Crippen LogP) is 14.8. The Morgan fingerprint density at radius 3 is 1.70 bits per heavy atom.